The zero-order valence-corrected chi connectivity index (χ0v) is 12.6. The topological polar surface area (TPSA) is 81.8 Å². The first-order valence-corrected chi connectivity index (χ1v) is 7.52. The summed E-state index contributed by atoms with van der Waals surface area (Å²) in [5, 5.41) is 6.97. The van der Waals surface area contributed by atoms with Gasteiger partial charge >= 0.3 is 5.69 Å². The van der Waals surface area contributed by atoms with Crippen molar-refractivity contribution in [2.24, 2.45) is 0 Å². The van der Waals surface area contributed by atoms with E-state index in [1.54, 1.807) is 16.8 Å². The quantitative estimate of drug-likeness (QED) is 0.921. The SMILES string of the molecule is Cc1ccc(NC(=O)Cn2nc3n(c2=O)CCCCC3)nc1. The summed E-state index contributed by atoms with van der Waals surface area (Å²) in [5.74, 6) is 0.958. The maximum atomic E-state index is 12.3. The summed E-state index contributed by atoms with van der Waals surface area (Å²) in [7, 11) is 0. The third-order valence-corrected chi connectivity index (χ3v) is 3.75. The van der Waals surface area contributed by atoms with Crippen LogP contribution >= 0.6 is 0 Å². The number of pyridine rings is 1. The molecule has 7 heteroatoms. The van der Waals surface area contributed by atoms with Gasteiger partial charge in [0.15, 0.2) is 0 Å². The van der Waals surface area contributed by atoms with Crippen molar-refractivity contribution in [3.63, 3.8) is 0 Å². The molecule has 116 valence electrons. The Hall–Kier alpha value is -2.44. The van der Waals surface area contributed by atoms with Crippen LogP contribution in [0, 0.1) is 6.92 Å². The molecule has 1 aliphatic heterocycles. The minimum Gasteiger partial charge on any atom is -0.309 e. The van der Waals surface area contributed by atoms with E-state index in [2.05, 4.69) is 15.4 Å². The highest BCUT2D eigenvalue weighted by molar-refractivity contribution is 5.89. The number of hydrogen-bond acceptors (Lipinski definition) is 4. The molecule has 3 heterocycles. The lowest BCUT2D eigenvalue weighted by Crippen LogP contribution is -2.30. The summed E-state index contributed by atoms with van der Waals surface area (Å²) < 4.78 is 2.93. The number of hydrogen-bond donors (Lipinski definition) is 1. The smallest absolute Gasteiger partial charge is 0.309 e. The summed E-state index contributed by atoms with van der Waals surface area (Å²) in [6.45, 7) is 2.53. The average molecular weight is 301 g/mol. The number of carbonyl (C=O) groups is 1. The van der Waals surface area contributed by atoms with Crippen LogP contribution in [0.25, 0.3) is 0 Å². The van der Waals surface area contributed by atoms with Crippen LogP contribution in [0.3, 0.4) is 0 Å². The molecule has 0 atom stereocenters. The Morgan fingerprint density at radius 3 is 2.95 bits per heavy atom. The van der Waals surface area contributed by atoms with Gasteiger partial charge in [0.25, 0.3) is 0 Å². The maximum absolute atomic E-state index is 12.3. The van der Waals surface area contributed by atoms with Gasteiger partial charge in [-0.3, -0.25) is 9.36 Å². The Labute approximate surface area is 128 Å². The van der Waals surface area contributed by atoms with Crippen molar-refractivity contribution in [2.75, 3.05) is 5.32 Å². The second kappa shape index (κ2) is 6.13. The second-order valence-corrected chi connectivity index (χ2v) is 5.59. The second-order valence-electron chi connectivity index (χ2n) is 5.59. The molecule has 1 aliphatic rings. The zero-order valence-electron chi connectivity index (χ0n) is 12.6. The zero-order chi connectivity index (χ0) is 15.5. The lowest BCUT2D eigenvalue weighted by Gasteiger charge is -2.04. The number of anilines is 1. The van der Waals surface area contributed by atoms with Crippen molar-refractivity contribution in [1.29, 1.82) is 0 Å². The van der Waals surface area contributed by atoms with Crippen LogP contribution in [0.2, 0.25) is 0 Å². The van der Waals surface area contributed by atoms with Crippen LogP contribution in [-0.4, -0.2) is 25.2 Å². The van der Waals surface area contributed by atoms with Gasteiger partial charge in [0.05, 0.1) is 0 Å². The number of fused-ring (bicyclic) bond motifs is 1. The van der Waals surface area contributed by atoms with Crippen LogP contribution in [0.15, 0.2) is 23.1 Å². The molecule has 0 aliphatic carbocycles. The molecule has 2 aromatic rings. The van der Waals surface area contributed by atoms with E-state index in [4.69, 9.17) is 0 Å². The molecule has 2 aromatic heterocycles. The van der Waals surface area contributed by atoms with Crippen molar-refractivity contribution >= 4 is 11.7 Å². The number of amides is 1. The fraction of sp³-hybridized carbons (Fsp3) is 0.467. The predicted molar refractivity (Wildman–Crippen MR) is 81.6 cm³/mol. The molecule has 0 bridgehead atoms. The number of aryl methyl sites for hydroxylation is 2. The standard InChI is InChI=1S/C15H19N5O2/c1-11-6-7-12(16-9-11)17-14(21)10-20-15(22)19-8-4-2-3-5-13(19)18-20/h6-7,9H,2-5,8,10H2,1H3,(H,16,17,21). The van der Waals surface area contributed by atoms with E-state index in [1.165, 1.54) is 4.68 Å². The third kappa shape index (κ3) is 3.08. The van der Waals surface area contributed by atoms with Crippen molar-refractivity contribution in [1.82, 2.24) is 19.3 Å². The van der Waals surface area contributed by atoms with Crippen molar-refractivity contribution in [2.45, 2.75) is 45.7 Å². The van der Waals surface area contributed by atoms with Gasteiger partial charge in [-0.25, -0.2) is 14.5 Å². The summed E-state index contributed by atoms with van der Waals surface area (Å²) in [5.41, 5.74) is 0.816. The van der Waals surface area contributed by atoms with Gasteiger partial charge in [-0.15, -0.1) is 0 Å². The Kier molecular flexibility index (Phi) is 4.04. The minimum absolute atomic E-state index is 0.0889. The summed E-state index contributed by atoms with van der Waals surface area (Å²) in [4.78, 5) is 28.4. The lowest BCUT2D eigenvalue weighted by atomic mass is 10.2. The molecule has 0 saturated carbocycles. The van der Waals surface area contributed by atoms with Crippen LogP contribution in [0.5, 0.6) is 0 Å². The molecule has 0 radical (unpaired) electrons. The van der Waals surface area contributed by atoms with E-state index in [9.17, 15) is 9.59 Å². The van der Waals surface area contributed by atoms with Crippen molar-refractivity contribution in [3.8, 4) is 0 Å². The van der Waals surface area contributed by atoms with Crippen LogP contribution in [0.1, 0.15) is 30.7 Å². The average Bonchev–Trinajstić information content (AvgIpc) is 2.67. The Morgan fingerprint density at radius 1 is 1.32 bits per heavy atom. The first-order chi connectivity index (χ1) is 10.6. The summed E-state index contributed by atoms with van der Waals surface area (Å²) in [6.07, 6.45) is 5.61. The van der Waals surface area contributed by atoms with Gasteiger partial charge in [0.1, 0.15) is 18.2 Å². The molecule has 22 heavy (non-hydrogen) atoms. The number of aromatic nitrogens is 4. The number of carbonyl (C=O) groups excluding carboxylic acids is 1. The fourth-order valence-electron chi connectivity index (χ4n) is 2.59. The highest BCUT2D eigenvalue weighted by Crippen LogP contribution is 2.10. The molecular formula is C15H19N5O2. The first-order valence-electron chi connectivity index (χ1n) is 7.52. The first kappa shape index (κ1) is 14.5. The number of nitrogens with zero attached hydrogens (tertiary/aromatic N) is 4. The fourth-order valence-corrected chi connectivity index (χ4v) is 2.59. The highest BCUT2D eigenvalue weighted by Gasteiger charge is 2.17. The van der Waals surface area contributed by atoms with Crippen LogP contribution < -0.4 is 11.0 Å². The van der Waals surface area contributed by atoms with E-state index < -0.39 is 0 Å². The van der Waals surface area contributed by atoms with E-state index in [1.807, 2.05) is 13.0 Å². The van der Waals surface area contributed by atoms with Gasteiger partial charge in [-0.2, -0.15) is 5.10 Å². The Balaban J connectivity index is 1.71. The van der Waals surface area contributed by atoms with Gasteiger partial charge in [-0.1, -0.05) is 12.5 Å². The molecule has 0 saturated heterocycles. The highest BCUT2D eigenvalue weighted by atomic mass is 16.2. The van der Waals surface area contributed by atoms with E-state index >= 15 is 0 Å². The molecule has 0 fully saturated rings. The largest absolute Gasteiger partial charge is 0.346 e. The predicted octanol–water partition coefficient (Wildman–Crippen LogP) is 1.11. The normalized spacial score (nSPS) is 14.2. The molecule has 7 nitrogen and oxygen atoms in total. The van der Waals surface area contributed by atoms with Gasteiger partial charge < -0.3 is 5.32 Å². The van der Waals surface area contributed by atoms with Crippen LogP contribution in [-0.2, 0) is 24.3 Å². The molecule has 0 unspecified atom stereocenters. The third-order valence-electron chi connectivity index (χ3n) is 3.75. The monoisotopic (exact) mass is 301 g/mol. The number of nitrogens with one attached hydrogen (secondary N) is 1. The van der Waals surface area contributed by atoms with Gasteiger partial charge in [0.2, 0.25) is 5.91 Å². The maximum Gasteiger partial charge on any atom is 0.346 e. The summed E-state index contributed by atoms with van der Waals surface area (Å²) >= 11 is 0. The molecule has 1 amide bonds. The van der Waals surface area contributed by atoms with Crippen molar-refractivity contribution < 1.29 is 4.79 Å². The van der Waals surface area contributed by atoms with Crippen LogP contribution in [0.4, 0.5) is 5.82 Å². The van der Waals surface area contributed by atoms with E-state index in [0.717, 1.165) is 37.1 Å². The Bertz CT molecular complexity index is 729. The van der Waals surface area contributed by atoms with Gasteiger partial charge in [-0.05, 0) is 31.4 Å². The van der Waals surface area contributed by atoms with E-state index in [-0.39, 0.29) is 18.1 Å². The Morgan fingerprint density at radius 2 is 2.18 bits per heavy atom. The number of rotatable bonds is 3. The van der Waals surface area contributed by atoms with E-state index in [0.29, 0.717) is 12.4 Å². The molecule has 3 rings (SSSR count). The lowest BCUT2D eigenvalue weighted by molar-refractivity contribution is -0.117. The van der Waals surface area contributed by atoms with Gasteiger partial charge in [0, 0.05) is 19.2 Å². The molecule has 0 aromatic carbocycles. The molecule has 0 spiro atoms. The summed E-state index contributed by atoms with van der Waals surface area (Å²) in [6, 6.07) is 3.60. The minimum atomic E-state index is -0.299. The van der Waals surface area contributed by atoms with Crippen molar-refractivity contribution in [3.05, 3.63) is 40.2 Å². The molecular weight excluding hydrogens is 282 g/mol. The molecule has 1 N–H and O–H groups in total.